The molecule has 0 fully saturated rings. The molecule has 0 aliphatic carbocycles. The third-order valence-electron chi connectivity index (χ3n) is 1.78. The molecule has 0 aliphatic heterocycles. The Morgan fingerprint density at radius 2 is 1.68 bits per heavy atom. The Hall–Kier alpha value is -1.69. The summed E-state index contributed by atoms with van der Waals surface area (Å²) in [6.07, 6.45) is -0.0124. The molecule has 0 aromatic carbocycles. The van der Waals surface area contributed by atoms with Crippen LogP contribution in [0.4, 0.5) is 0 Å². The van der Waals surface area contributed by atoms with Crippen LogP contribution in [-0.2, 0) is 23.9 Å². The molecule has 0 heterocycles. The largest absolute Gasteiger partial charge is 0.481 e. The number of carboxylic acid groups (broad SMARTS) is 1. The standard InChI is InChI=1S/C10H16O4.C3H6O2/c1-4-13-5-6-14-10(12)7-9(11)8(2)3;1-2-3(4)5/h2,4-7H2,1,3H3;2H2,1H3,(H,4,5). The van der Waals surface area contributed by atoms with Crippen molar-refractivity contribution in [2.75, 3.05) is 19.8 Å². The molecule has 0 saturated carbocycles. The van der Waals surface area contributed by atoms with Crippen LogP contribution >= 0.6 is 0 Å². The molecule has 0 spiro atoms. The minimum absolute atomic E-state index is 0.191. The summed E-state index contributed by atoms with van der Waals surface area (Å²) in [5.74, 6) is -1.56. The van der Waals surface area contributed by atoms with Crippen LogP contribution in [0.25, 0.3) is 0 Å². The second-order valence-corrected chi connectivity index (χ2v) is 3.54. The molecule has 0 aliphatic rings. The zero-order valence-corrected chi connectivity index (χ0v) is 11.7. The fraction of sp³-hybridized carbons (Fsp3) is 0.615. The van der Waals surface area contributed by atoms with E-state index in [0.717, 1.165) is 0 Å². The first kappa shape index (κ1) is 19.6. The van der Waals surface area contributed by atoms with Crippen molar-refractivity contribution >= 4 is 17.7 Å². The number of carboxylic acids is 1. The van der Waals surface area contributed by atoms with Crippen molar-refractivity contribution in [3.05, 3.63) is 12.2 Å². The minimum atomic E-state index is -0.745. The Morgan fingerprint density at radius 1 is 1.16 bits per heavy atom. The van der Waals surface area contributed by atoms with E-state index in [1.807, 2.05) is 6.92 Å². The van der Waals surface area contributed by atoms with Crippen LogP contribution in [0, 0.1) is 0 Å². The summed E-state index contributed by atoms with van der Waals surface area (Å²) in [6.45, 7) is 9.59. The third kappa shape index (κ3) is 16.3. The molecule has 110 valence electrons. The maximum atomic E-state index is 11.0. The summed E-state index contributed by atoms with van der Waals surface area (Å²) in [4.78, 5) is 31.4. The number of ketones is 1. The van der Waals surface area contributed by atoms with E-state index >= 15 is 0 Å². The van der Waals surface area contributed by atoms with Crippen LogP contribution in [0.5, 0.6) is 0 Å². The molecule has 0 aromatic heterocycles. The summed E-state index contributed by atoms with van der Waals surface area (Å²) >= 11 is 0. The minimum Gasteiger partial charge on any atom is -0.481 e. The normalized spacial score (nSPS) is 9.00. The van der Waals surface area contributed by atoms with Crippen molar-refractivity contribution in [2.45, 2.75) is 33.6 Å². The molecule has 1 N–H and O–H groups in total. The fourth-order valence-electron chi connectivity index (χ4n) is 0.692. The van der Waals surface area contributed by atoms with Gasteiger partial charge in [-0.05, 0) is 19.4 Å². The SMILES string of the molecule is C=C(C)C(=O)CC(=O)OCCOCC.CCC(=O)O. The number of carbonyl (C=O) groups is 3. The third-order valence-corrected chi connectivity index (χ3v) is 1.78. The number of hydrogen-bond acceptors (Lipinski definition) is 5. The maximum absolute atomic E-state index is 11.0. The van der Waals surface area contributed by atoms with Gasteiger partial charge in [0.25, 0.3) is 0 Å². The van der Waals surface area contributed by atoms with Crippen molar-refractivity contribution in [1.82, 2.24) is 0 Å². The fourth-order valence-corrected chi connectivity index (χ4v) is 0.692. The second-order valence-electron chi connectivity index (χ2n) is 3.54. The number of Topliss-reactive ketones (excluding diaryl/α,β-unsaturated/α-hetero) is 1. The lowest BCUT2D eigenvalue weighted by atomic mass is 10.2. The van der Waals surface area contributed by atoms with Crippen molar-refractivity contribution in [1.29, 1.82) is 0 Å². The Kier molecular flexibility index (Phi) is 13.2. The lowest BCUT2D eigenvalue weighted by Crippen LogP contribution is -2.14. The van der Waals surface area contributed by atoms with Crippen molar-refractivity contribution < 1.29 is 29.0 Å². The van der Waals surface area contributed by atoms with Crippen molar-refractivity contribution in [2.24, 2.45) is 0 Å². The Labute approximate surface area is 113 Å². The Balaban J connectivity index is 0. The van der Waals surface area contributed by atoms with Crippen LogP contribution in [0.2, 0.25) is 0 Å². The van der Waals surface area contributed by atoms with Gasteiger partial charge in [0.05, 0.1) is 6.61 Å². The van der Waals surface area contributed by atoms with Crippen LogP contribution in [0.3, 0.4) is 0 Å². The number of ether oxygens (including phenoxy) is 2. The van der Waals surface area contributed by atoms with E-state index in [9.17, 15) is 14.4 Å². The van der Waals surface area contributed by atoms with Gasteiger partial charge in [0, 0.05) is 13.0 Å². The van der Waals surface area contributed by atoms with E-state index in [4.69, 9.17) is 14.6 Å². The molecular weight excluding hydrogens is 252 g/mol. The van der Waals surface area contributed by atoms with Gasteiger partial charge in [-0.15, -0.1) is 0 Å². The molecule has 0 aromatic rings. The monoisotopic (exact) mass is 274 g/mol. The van der Waals surface area contributed by atoms with Crippen LogP contribution in [-0.4, -0.2) is 42.6 Å². The molecule has 0 rings (SSSR count). The molecule has 0 saturated heterocycles. The molecular formula is C13H22O6. The topological polar surface area (TPSA) is 89.9 Å². The van der Waals surface area contributed by atoms with Crippen molar-refractivity contribution in [3.8, 4) is 0 Å². The lowest BCUT2D eigenvalue weighted by Gasteiger charge is -2.03. The van der Waals surface area contributed by atoms with Gasteiger partial charge < -0.3 is 14.6 Å². The first-order chi connectivity index (χ1) is 8.84. The van der Waals surface area contributed by atoms with E-state index in [1.54, 1.807) is 13.8 Å². The first-order valence-corrected chi connectivity index (χ1v) is 5.98. The van der Waals surface area contributed by atoms with Crippen LogP contribution in [0.15, 0.2) is 12.2 Å². The van der Waals surface area contributed by atoms with Gasteiger partial charge in [0.1, 0.15) is 13.0 Å². The molecule has 0 bridgehead atoms. The Bertz CT molecular complexity index is 308. The van der Waals surface area contributed by atoms with E-state index in [1.165, 1.54) is 0 Å². The highest BCUT2D eigenvalue weighted by Crippen LogP contribution is 1.97. The zero-order valence-electron chi connectivity index (χ0n) is 11.7. The highest BCUT2D eigenvalue weighted by Gasteiger charge is 2.10. The number of esters is 1. The van der Waals surface area contributed by atoms with Gasteiger partial charge in [-0.25, -0.2) is 0 Å². The van der Waals surface area contributed by atoms with Gasteiger partial charge >= 0.3 is 11.9 Å². The average Bonchev–Trinajstić information content (AvgIpc) is 2.35. The van der Waals surface area contributed by atoms with E-state index < -0.39 is 11.9 Å². The molecule has 0 amide bonds. The molecule has 6 nitrogen and oxygen atoms in total. The number of aliphatic carboxylic acids is 1. The molecule has 0 radical (unpaired) electrons. The number of carbonyl (C=O) groups excluding carboxylic acids is 2. The summed E-state index contributed by atoms with van der Waals surface area (Å²) in [6, 6.07) is 0. The van der Waals surface area contributed by atoms with E-state index in [0.29, 0.717) is 18.8 Å². The lowest BCUT2D eigenvalue weighted by molar-refractivity contribution is -0.147. The maximum Gasteiger partial charge on any atom is 0.313 e. The quantitative estimate of drug-likeness (QED) is 0.313. The van der Waals surface area contributed by atoms with Gasteiger partial charge in [0.2, 0.25) is 0 Å². The number of hydrogen-bond donors (Lipinski definition) is 1. The number of allylic oxidation sites excluding steroid dienone is 1. The van der Waals surface area contributed by atoms with E-state index in [2.05, 4.69) is 6.58 Å². The predicted octanol–water partition coefficient (Wildman–Crippen LogP) is 1.58. The van der Waals surface area contributed by atoms with Crippen molar-refractivity contribution in [3.63, 3.8) is 0 Å². The van der Waals surface area contributed by atoms with Gasteiger partial charge in [-0.2, -0.15) is 0 Å². The van der Waals surface area contributed by atoms with Gasteiger partial charge in [-0.1, -0.05) is 13.5 Å². The zero-order chi connectivity index (χ0) is 15.3. The summed E-state index contributed by atoms with van der Waals surface area (Å²) in [5.41, 5.74) is 0.367. The molecule has 0 unspecified atom stereocenters. The average molecular weight is 274 g/mol. The smallest absolute Gasteiger partial charge is 0.313 e. The van der Waals surface area contributed by atoms with Crippen LogP contribution < -0.4 is 0 Å². The highest BCUT2D eigenvalue weighted by atomic mass is 16.6. The molecule has 0 atom stereocenters. The summed E-state index contributed by atoms with van der Waals surface area (Å²) in [5, 5.41) is 7.72. The summed E-state index contributed by atoms with van der Waals surface area (Å²) < 4.78 is 9.70. The van der Waals surface area contributed by atoms with Crippen LogP contribution in [0.1, 0.15) is 33.6 Å². The predicted molar refractivity (Wildman–Crippen MR) is 69.8 cm³/mol. The number of rotatable bonds is 8. The Morgan fingerprint density at radius 3 is 2.05 bits per heavy atom. The first-order valence-electron chi connectivity index (χ1n) is 5.98. The second kappa shape index (κ2) is 12.8. The van der Waals surface area contributed by atoms with Gasteiger partial charge in [-0.3, -0.25) is 14.4 Å². The van der Waals surface area contributed by atoms with Gasteiger partial charge in [0.15, 0.2) is 5.78 Å². The molecule has 6 heteroatoms. The summed E-state index contributed by atoms with van der Waals surface area (Å²) in [7, 11) is 0. The van der Waals surface area contributed by atoms with E-state index in [-0.39, 0.29) is 25.2 Å². The highest BCUT2D eigenvalue weighted by molar-refractivity contribution is 6.04. The molecule has 19 heavy (non-hydrogen) atoms.